The molecule has 0 radical (unpaired) electrons. The van der Waals surface area contributed by atoms with Crippen LogP contribution in [0, 0.1) is 21.3 Å². The number of hydrogen-bond donors (Lipinski definition) is 0. The van der Waals surface area contributed by atoms with Crippen molar-refractivity contribution < 1.29 is 18.8 Å². The molecule has 1 aromatic rings. The number of nitro groups is 1. The van der Waals surface area contributed by atoms with Crippen LogP contribution in [0.1, 0.15) is 33.6 Å². The number of carbonyl (C=O) groups excluding carboxylic acids is 1. The van der Waals surface area contributed by atoms with Gasteiger partial charge in [-0.2, -0.15) is 0 Å². The van der Waals surface area contributed by atoms with Crippen molar-refractivity contribution in [3.63, 3.8) is 0 Å². The lowest BCUT2D eigenvalue weighted by Crippen LogP contribution is -2.74. The first-order valence-electron chi connectivity index (χ1n) is 10.5. The van der Waals surface area contributed by atoms with Crippen LogP contribution in [0.15, 0.2) is 18.2 Å². The number of likely N-dealkylation sites (tertiary alicyclic amines) is 2. The first-order valence-corrected chi connectivity index (χ1v) is 10.5. The number of hydrogen-bond acceptors (Lipinski definition) is 6. The molecular weight excluding hydrogens is 391 g/mol. The summed E-state index contributed by atoms with van der Waals surface area (Å²) in [5.74, 6) is -0.540. The van der Waals surface area contributed by atoms with Gasteiger partial charge in [0, 0.05) is 56.8 Å². The monoisotopic (exact) mass is 420 g/mol. The first kappa shape index (κ1) is 20.8. The van der Waals surface area contributed by atoms with E-state index in [0.717, 1.165) is 58.2 Å². The Morgan fingerprint density at radius 2 is 1.83 bits per heavy atom. The van der Waals surface area contributed by atoms with Gasteiger partial charge in [-0.3, -0.25) is 15.0 Å². The summed E-state index contributed by atoms with van der Waals surface area (Å²) < 4.78 is 19.7. The summed E-state index contributed by atoms with van der Waals surface area (Å²) in [5, 5.41) is 10.8. The van der Waals surface area contributed by atoms with E-state index in [2.05, 4.69) is 4.90 Å². The van der Waals surface area contributed by atoms with Gasteiger partial charge in [-0.1, -0.05) is 0 Å². The molecular formula is C21H29FN4O4. The number of nitrogens with zero attached hydrogens (tertiary/aromatic N) is 4. The van der Waals surface area contributed by atoms with Crippen LogP contribution < -0.4 is 4.90 Å². The molecule has 164 valence electrons. The molecule has 0 aromatic heterocycles. The molecule has 0 bridgehead atoms. The van der Waals surface area contributed by atoms with Crippen molar-refractivity contribution in [3.8, 4) is 0 Å². The topological polar surface area (TPSA) is 79.2 Å². The van der Waals surface area contributed by atoms with Crippen LogP contribution in [0.2, 0.25) is 0 Å². The van der Waals surface area contributed by atoms with Gasteiger partial charge >= 0.3 is 6.09 Å². The number of amides is 1. The molecule has 0 aliphatic carbocycles. The maximum Gasteiger partial charge on any atom is 0.410 e. The zero-order valence-corrected chi connectivity index (χ0v) is 17.8. The van der Waals surface area contributed by atoms with Gasteiger partial charge in [0.25, 0.3) is 5.69 Å². The predicted molar refractivity (Wildman–Crippen MR) is 110 cm³/mol. The van der Waals surface area contributed by atoms with Gasteiger partial charge in [0.2, 0.25) is 0 Å². The summed E-state index contributed by atoms with van der Waals surface area (Å²) in [5.41, 5.74) is -0.0507. The first-order chi connectivity index (χ1) is 14.1. The minimum atomic E-state index is -0.580. The highest BCUT2D eigenvalue weighted by atomic mass is 19.1. The molecule has 1 amide bonds. The number of nitro benzene ring substituents is 1. The van der Waals surface area contributed by atoms with Crippen molar-refractivity contribution in [2.45, 2.75) is 45.3 Å². The molecule has 0 atom stereocenters. The van der Waals surface area contributed by atoms with Crippen molar-refractivity contribution in [1.29, 1.82) is 0 Å². The van der Waals surface area contributed by atoms with Crippen molar-refractivity contribution in [2.24, 2.45) is 5.41 Å². The molecule has 4 rings (SSSR count). The lowest BCUT2D eigenvalue weighted by molar-refractivity contribution is -0.385. The number of benzene rings is 1. The lowest BCUT2D eigenvalue weighted by atomic mass is 9.72. The third-order valence-corrected chi connectivity index (χ3v) is 6.24. The van der Waals surface area contributed by atoms with Crippen LogP contribution in [-0.2, 0) is 4.74 Å². The van der Waals surface area contributed by atoms with Crippen LogP contribution in [0.4, 0.5) is 20.6 Å². The number of carbonyl (C=O) groups is 1. The Labute approximate surface area is 175 Å². The van der Waals surface area contributed by atoms with Gasteiger partial charge in [0.15, 0.2) is 5.82 Å². The van der Waals surface area contributed by atoms with Crippen LogP contribution in [0.25, 0.3) is 0 Å². The normalized spacial score (nSPS) is 21.9. The molecule has 9 heteroatoms. The van der Waals surface area contributed by atoms with E-state index in [1.54, 1.807) is 4.90 Å². The largest absolute Gasteiger partial charge is 0.444 e. The molecule has 3 saturated heterocycles. The van der Waals surface area contributed by atoms with E-state index < -0.39 is 16.3 Å². The van der Waals surface area contributed by atoms with Crippen molar-refractivity contribution in [2.75, 3.05) is 44.2 Å². The Kier molecular flexibility index (Phi) is 5.12. The smallest absolute Gasteiger partial charge is 0.410 e. The zero-order valence-electron chi connectivity index (χ0n) is 17.8. The number of non-ortho nitro benzene ring substituents is 1. The highest BCUT2D eigenvalue weighted by Gasteiger charge is 2.55. The third kappa shape index (κ3) is 4.08. The summed E-state index contributed by atoms with van der Waals surface area (Å²) in [4.78, 5) is 28.6. The van der Waals surface area contributed by atoms with Gasteiger partial charge in [-0.25, -0.2) is 9.18 Å². The Morgan fingerprint density at radius 1 is 1.20 bits per heavy atom. The molecule has 3 heterocycles. The molecule has 1 aromatic carbocycles. The van der Waals surface area contributed by atoms with E-state index in [1.165, 1.54) is 12.1 Å². The lowest BCUT2D eigenvalue weighted by Gasteiger charge is -2.62. The average molecular weight is 420 g/mol. The molecule has 0 saturated carbocycles. The average Bonchev–Trinajstić information content (AvgIpc) is 2.58. The molecule has 8 nitrogen and oxygen atoms in total. The second-order valence-corrected chi connectivity index (χ2v) is 9.85. The number of anilines is 1. The number of halogens is 1. The second-order valence-electron chi connectivity index (χ2n) is 9.85. The van der Waals surface area contributed by atoms with Gasteiger partial charge in [0.05, 0.1) is 16.7 Å². The van der Waals surface area contributed by atoms with E-state index in [-0.39, 0.29) is 17.2 Å². The standard InChI is InChI=1S/C21H29FN4O4/c1-20(2,3)30-19(27)25-13-21(14-25)11-24(12-21)15-6-8-23(9-7-15)18-5-4-16(26(28)29)10-17(18)22/h4-5,10,15H,6-9,11-14H2,1-3H3. The van der Waals surface area contributed by atoms with Gasteiger partial charge in [-0.05, 0) is 39.7 Å². The summed E-state index contributed by atoms with van der Waals surface area (Å²) in [6.07, 6.45) is 1.63. The SMILES string of the molecule is CC(C)(C)OC(=O)N1CC2(C1)CN(C1CCN(c3ccc([N+](=O)[O-])cc3F)CC1)C2. The number of piperidine rings is 1. The summed E-state index contributed by atoms with van der Waals surface area (Å²) >= 11 is 0. The summed E-state index contributed by atoms with van der Waals surface area (Å²) in [6.45, 7) is 10.6. The van der Waals surface area contributed by atoms with Crippen LogP contribution >= 0.6 is 0 Å². The van der Waals surface area contributed by atoms with E-state index >= 15 is 0 Å². The quantitative estimate of drug-likeness (QED) is 0.552. The fraction of sp³-hybridized carbons (Fsp3) is 0.667. The molecule has 30 heavy (non-hydrogen) atoms. The summed E-state index contributed by atoms with van der Waals surface area (Å²) in [7, 11) is 0. The molecule has 3 aliphatic heterocycles. The maximum absolute atomic E-state index is 14.3. The van der Waals surface area contributed by atoms with Crippen LogP contribution in [-0.4, -0.2) is 71.7 Å². The zero-order chi connectivity index (χ0) is 21.7. The Morgan fingerprint density at radius 3 is 2.37 bits per heavy atom. The number of ether oxygens (including phenoxy) is 1. The Bertz CT molecular complexity index is 834. The maximum atomic E-state index is 14.3. The Balaban J connectivity index is 1.23. The van der Waals surface area contributed by atoms with E-state index in [1.807, 2.05) is 25.7 Å². The highest BCUT2D eigenvalue weighted by molar-refractivity contribution is 5.69. The van der Waals surface area contributed by atoms with E-state index in [4.69, 9.17) is 4.74 Å². The predicted octanol–water partition coefficient (Wildman–Crippen LogP) is 3.26. The van der Waals surface area contributed by atoms with Gasteiger partial charge in [0.1, 0.15) is 5.60 Å². The van der Waals surface area contributed by atoms with E-state index in [0.29, 0.717) is 11.7 Å². The van der Waals surface area contributed by atoms with E-state index in [9.17, 15) is 19.3 Å². The fourth-order valence-electron chi connectivity index (χ4n) is 4.83. The molecule has 3 fully saturated rings. The van der Waals surface area contributed by atoms with Crippen molar-refractivity contribution >= 4 is 17.5 Å². The highest BCUT2D eigenvalue weighted by Crippen LogP contribution is 2.42. The van der Waals surface area contributed by atoms with Crippen molar-refractivity contribution in [1.82, 2.24) is 9.80 Å². The number of rotatable bonds is 3. The van der Waals surface area contributed by atoms with Crippen LogP contribution in [0.5, 0.6) is 0 Å². The molecule has 3 aliphatic rings. The van der Waals surface area contributed by atoms with Crippen LogP contribution in [0.3, 0.4) is 0 Å². The second kappa shape index (κ2) is 7.37. The molecule has 1 spiro atoms. The Hall–Kier alpha value is -2.42. The fourth-order valence-corrected chi connectivity index (χ4v) is 4.83. The molecule has 0 unspecified atom stereocenters. The third-order valence-electron chi connectivity index (χ3n) is 6.24. The van der Waals surface area contributed by atoms with Gasteiger partial charge < -0.3 is 14.5 Å². The van der Waals surface area contributed by atoms with Crippen molar-refractivity contribution in [3.05, 3.63) is 34.1 Å². The minimum absolute atomic E-state index is 0.207. The summed E-state index contributed by atoms with van der Waals surface area (Å²) in [6, 6.07) is 4.32. The minimum Gasteiger partial charge on any atom is -0.444 e. The molecule has 0 N–H and O–H groups in total. The van der Waals surface area contributed by atoms with Gasteiger partial charge in [-0.15, -0.1) is 0 Å².